The molecule has 1 heterocycles. The smallest absolute Gasteiger partial charge is 0.366 e. The molecule has 0 bridgehead atoms. The Morgan fingerprint density at radius 2 is 1.93 bits per heavy atom. The molecule has 0 radical (unpaired) electrons. The van der Waals surface area contributed by atoms with Gasteiger partial charge in [0.05, 0.1) is 11.6 Å². The molecular weight excluding hydrogens is 367 g/mol. The Kier molecular flexibility index (Phi) is 5.63. The van der Waals surface area contributed by atoms with Crippen molar-refractivity contribution < 1.29 is 18.0 Å². The van der Waals surface area contributed by atoms with E-state index < -0.39 is 18.0 Å². The summed E-state index contributed by atoms with van der Waals surface area (Å²) in [4.78, 5) is 11.4. The molecule has 1 aliphatic rings. The maximum atomic E-state index is 12.9. The molecule has 1 aromatic heterocycles. The van der Waals surface area contributed by atoms with Gasteiger partial charge in [-0.3, -0.25) is 9.48 Å². The van der Waals surface area contributed by atoms with Crippen molar-refractivity contribution in [3.63, 3.8) is 0 Å². The number of rotatable bonds is 5. The summed E-state index contributed by atoms with van der Waals surface area (Å²) in [6, 6.07) is 7.71. The number of alkyl halides is 3. The van der Waals surface area contributed by atoms with Gasteiger partial charge in [0.2, 0.25) is 5.91 Å². The second-order valence-corrected chi connectivity index (χ2v) is 7.53. The molecule has 150 valence electrons. The fourth-order valence-corrected chi connectivity index (χ4v) is 3.87. The van der Waals surface area contributed by atoms with E-state index in [1.165, 1.54) is 0 Å². The molecule has 28 heavy (non-hydrogen) atoms. The highest BCUT2D eigenvalue weighted by Crippen LogP contribution is 2.43. The minimum absolute atomic E-state index is 0.0921. The van der Waals surface area contributed by atoms with Gasteiger partial charge in [0.1, 0.15) is 0 Å². The molecule has 2 aromatic rings. The van der Waals surface area contributed by atoms with Crippen LogP contribution in [0.25, 0.3) is 11.3 Å². The highest BCUT2D eigenvalue weighted by molar-refractivity contribution is 5.92. The minimum atomic E-state index is -4.11. The largest absolute Gasteiger partial charge is 0.391 e. The van der Waals surface area contributed by atoms with Gasteiger partial charge in [0, 0.05) is 30.8 Å². The number of aryl methyl sites for hydroxylation is 1. The van der Waals surface area contributed by atoms with E-state index in [9.17, 15) is 18.0 Å². The van der Waals surface area contributed by atoms with Gasteiger partial charge in [-0.05, 0) is 54.9 Å². The molecule has 1 saturated carbocycles. The standard InChI is InChI=1S/C21H24F3N3O/c1-13(20(25)28)11-16-4-3-15(12-18(16)19-9-10-27(2)26-19)14-5-7-17(8-6-14)21(22,23)24/h3-4,9-10,12,14,17H,1,5-8,11H2,2H3,(H2,25,28). The second-order valence-electron chi connectivity index (χ2n) is 7.53. The molecule has 0 atom stereocenters. The van der Waals surface area contributed by atoms with Crippen LogP contribution < -0.4 is 5.73 Å². The van der Waals surface area contributed by atoms with Crippen molar-refractivity contribution >= 4 is 5.91 Å². The number of hydrogen-bond acceptors (Lipinski definition) is 2. The SMILES string of the molecule is C=C(Cc1ccc(C2CCC(C(F)(F)F)CC2)cc1-c1ccn(C)n1)C(N)=O. The van der Waals surface area contributed by atoms with Crippen molar-refractivity contribution in [1.29, 1.82) is 0 Å². The van der Waals surface area contributed by atoms with E-state index in [4.69, 9.17) is 5.73 Å². The van der Waals surface area contributed by atoms with Crippen molar-refractivity contribution in [3.05, 3.63) is 53.7 Å². The third-order valence-corrected chi connectivity index (χ3v) is 5.54. The molecule has 1 aliphatic carbocycles. The van der Waals surface area contributed by atoms with E-state index in [-0.39, 0.29) is 18.8 Å². The van der Waals surface area contributed by atoms with Crippen molar-refractivity contribution in [1.82, 2.24) is 9.78 Å². The van der Waals surface area contributed by atoms with Crippen LogP contribution >= 0.6 is 0 Å². The molecule has 2 N–H and O–H groups in total. The molecule has 0 saturated heterocycles. The molecule has 7 heteroatoms. The highest BCUT2D eigenvalue weighted by Gasteiger charge is 2.41. The van der Waals surface area contributed by atoms with Gasteiger partial charge in [-0.2, -0.15) is 18.3 Å². The Morgan fingerprint density at radius 3 is 2.46 bits per heavy atom. The van der Waals surface area contributed by atoms with Gasteiger partial charge in [-0.1, -0.05) is 18.7 Å². The zero-order valence-electron chi connectivity index (χ0n) is 15.8. The number of aromatic nitrogens is 2. The molecule has 4 nitrogen and oxygen atoms in total. The van der Waals surface area contributed by atoms with Crippen molar-refractivity contribution in [3.8, 4) is 11.3 Å². The van der Waals surface area contributed by atoms with Crippen molar-refractivity contribution in [2.24, 2.45) is 18.7 Å². The molecular formula is C21H24F3N3O. The first-order chi connectivity index (χ1) is 13.1. The van der Waals surface area contributed by atoms with Gasteiger partial charge in [-0.25, -0.2) is 0 Å². The first-order valence-corrected chi connectivity index (χ1v) is 9.32. The number of carbonyl (C=O) groups excluding carboxylic acids is 1. The van der Waals surface area contributed by atoms with Crippen LogP contribution in [0.5, 0.6) is 0 Å². The summed E-state index contributed by atoms with van der Waals surface area (Å²) in [5.41, 5.74) is 9.11. The van der Waals surface area contributed by atoms with Gasteiger partial charge >= 0.3 is 6.18 Å². The van der Waals surface area contributed by atoms with Crippen LogP contribution in [0.3, 0.4) is 0 Å². The third kappa shape index (κ3) is 4.46. The zero-order chi connectivity index (χ0) is 20.5. The molecule has 1 amide bonds. The topological polar surface area (TPSA) is 60.9 Å². The Hall–Kier alpha value is -2.57. The van der Waals surface area contributed by atoms with Crippen molar-refractivity contribution in [2.45, 2.75) is 44.2 Å². The Labute approximate surface area is 162 Å². The maximum absolute atomic E-state index is 12.9. The van der Waals surface area contributed by atoms with Crippen LogP contribution in [0.15, 0.2) is 42.6 Å². The summed E-state index contributed by atoms with van der Waals surface area (Å²) in [6.45, 7) is 3.73. The second kappa shape index (κ2) is 7.81. The number of benzene rings is 1. The number of nitrogens with two attached hydrogens (primary N) is 1. The lowest BCUT2D eigenvalue weighted by molar-refractivity contribution is -0.182. The number of primary amides is 1. The highest BCUT2D eigenvalue weighted by atomic mass is 19.4. The summed E-state index contributed by atoms with van der Waals surface area (Å²) >= 11 is 0. The molecule has 0 aliphatic heterocycles. The van der Waals surface area contributed by atoms with E-state index in [0.29, 0.717) is 24.8 Å². The van der Waals surface area contributed by atoms with Crippen LogP contribution in [0, 0.1) is 5.92 Å². The number of carbonyl (C=O) groups is 1. The molecule has 0 unspecified atom stereocenters. The summed E-state index contributed by atoms with van der Waals surface area (Å²) in [5, 5.41) is 4.45. The van der Waals surface area contributed by atoms with Crippen LogP contribution in [0.2, 0.25) is 0 Å². The van der Waals surface area contributed by atoms with Crippen LogP contribution in [0.1, 0.15) is 42.7 Å². The molecule has 1 fully saturated rings. The summed E-state index contributed by atoms with van der Waals surface area (Å²) in [5.74, 6) is -1.66. The number of halogens is 3. The zero-order valence-corrected chi connectivity index (χ0v) is 15.8. The fourth-order valence-electron chi connectivity index (χ4n) is 3.87. The lowest BCUT2D eigenvalue weighted by Gasteiger charge is -2.30. The third-order valence-electron chi connectivity index (χ3n) is 5.54. The quantitative estimate of drug-likeness (QED) is 0.763. The summed E-state index contributed by atoms with van der Waals surface area (Å²) < 4.78 is 40.5. The number of hydrogen-bond donors (Lipinski definition) is 1. The first-order valence-electron chi connectivity index (χ1n) is 9.32. The van der Waals surface area contributed by atoms with Gasteiger partial charge in [0.25, 0.3) is 0 Å². The Morgan fingerprint density at radius 1 is 1.25 bits per heavy atom. The normalized spacial score (nSPS) is 20.1. The van der Waals surface area contributed by atoms with E-state index in [2.05, 4.69) is 11.7 Å². The predicted molar refractivity (Wildman–Crippen MR) is 101 cm³/mol. The van der Waals surface area contributed by atoms with E-state index in [1.807, 2.05) is 37.5 Å². The summed E-state index contributed by atoms with van der Waals surface area (Å²) in [7, 11) is 1.81. The fraction of sp³-hybridized carbons (Fsp3) is 0.429. The Bertz CT molecular complexity index is 877. The summed E-state index contributed by atoms with van der Waals surface area (Å²) in [6.07, 6.45) is -0.631. The maximum Gasteiger partial charge on any atom is 0.391 e. The predicted octanol–water partition coefficient (Wildman–Crippen LogP) is 4.51. The van der Waals surface area contributed by atoms with E-state index >= 15 is 0 Å². The van der Waals surface area contributed by atoms with E-state index in [0.717, 1.165) is 22.4 Å². The van der Waals surface area contributed by atoms with Gasteiger partial charge < -0.3 is 5.73 Å². The van der Waals surface area contributed by atoms with Crippen LogP contribution in [-0.2, 0) is 18.3 Å². The minimum Gasteiger partial charge on any atom is -0.366 e. The number of amides is 1. The lowest BCUT2D eigenvalue weighted by Crippen LogP contribution is -2.27. The van der Waals surface area contributed by atoms with Crippen LogP contribution in [-0.4, -0.2) is 21.9 Å². The lowest BCUT2D eigenvalue weighted by atomic mass is 9.77. The molecule has 0 spiro atoms. The number of nitrogens with zero attached hydrogens (tertiary/aromatic N) is 2. The molecule has 3 rings (SSSR count). The average molecular weight is 391 g/mol. The average Bonchev–Trinajstić information content (AvgIpc) is 3.07. The first kappa shape index (κ1) is 20.2. The van der Waals surface area contributed by atoms with Crippen LogP contribution in [0.4, 0.5) is 13.2 Å². The molecule has 1 aromatic carbocycles. The Balaban J connectivity index is 1.88. The monoisotopic (exact) mass is 391 g/mol. The van der Waals surface area contributed by atoms with Gasteiger partial charge in [0.15, 0.2) is 0 Å². The van der Waals surface area contributed by atoms with Gasteiger partial charge in [-0.15, -0.1) is 0 Å². The van der Waals surface area contributed by atoms with Crippen molar-refractivity contribution in [2.75, 3.05) is 0 Å². The van der Waals surface area contributed by atoms with E-state index in [1.54, 1.807) is 4.68 Å².